The number of hydrogen-bond donors (Lipinski definition) is 0. The van der Waals surface area contributed by atoms with Crippen molar-refractivity contribution in [2.75, 3.05) is 53.2 Å². The number of rotatable bonds is 58. The van der Waals surface area contributed by atoms with Gasteiger partial charge in [0.15, 0.2) is 11.5 Å². The summed E-state index contributed by atoms with van der Waals surface area (Å²) in [4.78, 5) is 0. The number of hydrogen-bond acceptors (Lipinski definition) is 7. The molecule has 0 amide bonds. The van der Waals surface area contributed by atoms with Gasteiger partial charge in [-0.15, -0.1) is 0 Å². The highest BCUT2D eigenvalue weighted by atomic mass is 16.7. The Balaban J connectivity index is 5.63. The predicted molar refractivity (Wildman–Crippen MR) is 289 cm³/mol. The number of ether oxygens (including phenoxy) is 7. The van der Waals surface area contributed by atoms with E-state index in [2.05, 4.69) is 41.5 Å². The third kappa shape index (κ3) is 48.0. The average molecular weight is 952 g/mol. The summed E-state index contributed by atoms with van der Waals surface area (Å²) in [7, 11) is 0. The Morgan fingerprint density at radius 3 is 0.672 bits per heavy atom. The first-order chi connectivity index (χ1) is 33.2. The molecular weight excluding hydrogens is 833 g/mol. The molecule has 0 aliphatic rings. The van der Waals surface area contributed by atoms with Crippen molar-refractivity contribution in [1.29, 1.82) is 0 Å². The van der Waals surface area contributed by atoms with E-state index in [-0.39, 0.29) is 13.6 Å². The third-order valence-electron chi connectivity index (χ3n) is 13.0. The van der Waals surface area contributed by atoms with Crippen LogP contribution in [-0.2, 0) is 33.2 Å². The first kappa shape index (κ1) is 65.6. The monoisotopic (exact) mass is 951 g/mol. The molecule has 67 heavy (non-hydrogen) atoms. The topological polar surface area (TPSA) is 64.6 Å². The SMILES string of the molecule is CCCCCCCCCCCCC(OCCCCCCC)=C(COCOCOCC(OCCCCCCC)=C(CCCCCCCCCCCC)OCCCCCCC)OCCCCCCC. The lowest BCUT2D eigenvalue weighted by atomic mass is 10.1. The zero-order valence-electron chi connectivity index (χ0n) is 46.2. The van der Waals surface area contributed by atoms with Crippen LogP contribution in [0.1, 0.15) is 311 Å². The van der Waals surface area contributed by atoms with Crippen LogP contribution in [0.15, 0.2) is 23.0 Å². The van der Waals surface area contributed by atoms with E-state index in [1.807, 2.05) is 0 Å². The molecular formula is C60H118O7. The fourth-order valence-corrected chi connectivity index (χ4v) is 8.56. The Morgan fingerprint density at radius 1 is 0.209 bits per heavy atom. The summed E-state index contributed by atoms with van der Waals surface area (Å²) in [5.41, 5.74) is 0. The third-order valence-corrected chi connectivity index (χ3v) is 13.0. The van der Waals surface area contributed by atoms with Crippen molar-refractivity contribution in [3.05, 3.63) is 23.0 Å². The molecule has 0 aromatic heterocycles. The predicted octanol–water partition coefficient (Wildman–Crippen LogP) is 19.9. The van der Waals surface area contributed by atoms with E-state index in [9.17, 15) is 0 Å². The van der Waals surface area contributed by atoms with E-state index < -0.39 is 0 Å². The van der Waals surface area contributed by atoms with Crippen molar-refractivity contribution in [3.8, 4) is 0 Å². The van der Waals surface area contributed by atoms with Gasteiger partial charge in [0.1, 0.15) is 38.3 Å². The van der Waals surface area contributed by atoms with Gasteiger partial charge in [-0.3, -0.25) is 0 Å². The molecule has 7 heteroatoms. The minimum Gasteiger partial charge on any atom is -0.494 e. The molecule has 0 aliphatic heterocycles. The summed E-state index contributed by atoms with van der Waals surface area (Å²) in [5, 5.41) is 0. The van der Waals surface area contributed by atoms with Gasteiger partial charge in [-0.25, -0.2) is 0 Å². The van der Waals surface area contributed by atoms with Gasteiger partial charge in [-0.2, -0.15) is 0 Å². The molecule has 0 saturated heterocycles. The molecule has 0 aromatic rings. The normalized spacial score (nSPS) is 12.4. The summed E-state index contributed by atoms with van der Waals surface area (Å²) >= 11 is 0. The second-order valence-corrected chi connectivity index (χ2v) is 19.7. The summed E-state index contributed by atoms with van der Waals surface area (Å²) < 4.78 is 44.5. The van der Waals surface area contributed by atoms with Gasteiger partial charge >= 0.3 is 0 Å². The van der Waals surface area contributed by atoms with E-state index in [0.717, 1.165) is 87.6 Å². The van der Waals surface area contributed by atoms with E-state index in [1.54, 1.807) is 0 Å². The quantitative estimate of drug-likeness (QED) is 0.0342. The Kier molecular flexibility index (Phi) is 55.9. The fraction of sp³-hybridized carbons (Fsp3) is 0.933. The molecule has 0 rings (SSSR count). The molecule has 0 bridgehead atoms. The highest BCUT2D eigenvalue weighted by Gasteiger charge is 2.14. The first-order valence-electron chi connectivity index (χ1n) is 29.9. The number of allylic oxidation sites excluding steroid dienone is 2. The Hall–Kier alpha value is -1.44. The van der Waals surface area contributed by atoms with E-state index in [4.69, 9.17) is 33.2 Å². The average Bonchev–Trinajstić information content (AvgIpc) is 3.34. The van der Waals surface area contributed by atoms with Crippen LogP contribution in [0.2, 0.25) is 0 Å². The number of unbranched alkanes of at least 4 members (excludes halogenated alkanes) is 34. The molecule has 400 valence electrons. The highest BCUT2D eigenvalue weighted by Crippen LogP contribution is 2.23. The molecule has 0 aliphatic carbocycles. The minimum atomic E-state index is 0.128. The van der Waals surface area contributed by atoms with Crippen LogP contribution in [0.4, 0.5) is 0 Å². The van der Waals surface area contributed by atoms with Crippen LogP contribution in [0.3, 0.4) is 0 Å². The van der Waals surface area contributed by atoms with Crippen molar-refractivity contribution in [1.82, 2.24) is 0 Å². The Morgan fingerprint density at radius 2 is 0.418 bits per heavy atom. The van der Waals surface area contributed by atoms with Crippen LogP contribution in [-0.4, -0.2) is 53.2 Å². The van der Waals surface area contributed by atoms with E-state index in [0.29, 0.717) is 26.4 Å². The van der Waals surface area contributed by atoms with E-state index >= 15 is 0 Å². The molecule has 0 saturated carbocycles. The van der Waals surface area contributed by atoms with Gasteiger partial charge in [0.2, 0.25) is 0 Å². The van der Waals surface area contributed by atoms with Crippen molar-refractivity contribution in [2.24, 2.45) is 0 Å². The lowest BCUT2D eigenvalue weighted by Gasteiger charge is -2.19. The van der Waals surface area contributed by atoms with Crippen molar-refractivity contribution in [2.45, 2.75) is 311 Å². The Labute approximate surface area is 419 Å². The maximum Gasteiger partial charge on any atom is 0.159 e. The van der Waals surface area contributed by atoms with Gasteiger partial charge in [0, 0.05) is 12.8 Å². The Bertz CT molecular complexity index is 934. The second kappa shape index (κ2) is 57.1. The van der Waals surface area contributed by atoms with E-state index in [1.165, 1.54) is 218 Å². The summed E-state index contributed by atoms with van der Waals surface area (Å²) in [6, 6.07) is 0. The standard InChI is InChI=1S/C60H118O7/c1-7-13-19-25-27-29-31-33-35-41-47-57(64-49-43-37-21-15-9-3)59(66-51-45-39-23-17-11-5)53-61-55-63-56-62-54-60(67-52-46-40-24-18-12-6)58(65-50-44-38-22-16-10-4)48-42-36-34-32-30-28-26-20-14-8-2/h7-56H2,1-6H3. The second-order valence-electron chi connectivity index (χ2n) is 19.7. The summed E-state index contributed by atoms with van der Waals surface area (Å²) in [6.45, 7) is 17.5. The largest absolute Gasteiger partial charge is 0.494 e. The molecule has 0 N–H and O–H groups in total. The van der Waals surface area contributed by atoms with Crippen LogP contribution >= 0.6 is 0 Å². The molecule has 0 aromatic carbocycles. The zero-order valence-corrected chi connectivity index (χ0v) is 46.2. The molecule has 0 unspecified atom stereocenters. The van der Waals surface area contributed by atoms with Crippen molar-refractivity contribution >= 4 is 0 Å². The van der Waals surface area contributed by atoms with Gasteiger partial charge in [-0.1, -0.05) is 260 Å². The molecule has 0 radical (unpaired) electrons. The van der Waals surface area contributed by atoms with Crippen molar-refractivity contribution in [3.63, 3.8) is 0 Å². The van der Waals surface area contributed by atoms with Gasteiger partial charge in [0.05, 0.1) is 26.4 Å². The van der Waals surface area contributed by atoms with Gasteiger partial charge in [0.25, 0.3) is 0 Å². The lowest BCUT2D eigenvalue weighted by molar-refractivity contribution is -0.132. The maximum absolute atomic E-state index is 6.57. The van der Waals surface area contributed by atoms with Gasteiger partial charge < -0.3 is 33.2 Å². The summed E-state index contributed by atoms with van der Waals surface area (Å²) in [5.74, 6) is 3.68. The van der Waals surface area contributed by atoms with Crippen LogP contribution in [0.25, 0.3) is 0 Å². The van der Waals surface area contributed by atoms with Crippen LogP contribution in [0, 0.1) is 0 Å². The van der Waals surface area contributed by atoms with Crippen LogP contribution in [0.5, 0.6) is 0 Å². The highest BCUT2D eigenvalue weighted by molar-refractivity contribution is 5.03. The fourth-order valence-electron chi connectivity index (χ4n) is 8.56. The summed E-state index contributed by atoms with van der Waals surface area (Å²) in [6.07, 6.45) is 52.5. The van der Waals surface area contributed by atoms with Crippen molar-refractivity contribution < 1.29 is 33.2 Å². The lowest BCUT2D eigenvalue weighted by Crippen LogP contribution is -2.14. The molecule has 0 spiro atoms. The molecule has 0 fully saturated rings. The molecule has 0 atom stereocenters. The van der Waals surface area contributed by atoms with Crippen LogP contribution < -0.4 is 0 Å². The minimum absolute atomic E-state index is 0.128. The smallest absolute Gasteiger partial charge is 0.159 e. The molecule has 7 nitrogen and oxygen atoms in total. The first-order valence-corrected chi connectivity index (χ1v) is 29.9. The maximum atomic E-state index is 6.57. The zero-order chi connectivity index (χ0) is 48.6. The molecule has 0 heterocycles. The van der Waals surface area contributed by atoms with Gasteiger partial charge in [-0.05, 0) is 38.5 Å².